The fourth-order valence-corrected chi connectivity index (χ4v) is 1.58. The summed E-state index contributed by atoms with van der Waals surface area (Å²) in [6, 6.07) is -1.01. The van der Waals surface area contributed by atoms with Crippen molar-refractivity contribution in [2.45, 2.75) is 25.8 Å². The monoisotopic (exact) mass is 237 g/mol. The van der Waals surface area contributed by atoms with Crippen LogP contribution < -0.4 is 5.32 Å². The lowest BCUT2D eigenvalue weighted by molar-refractivity contribution is -0.141. The van der Waals surface area contributed by atoms with Gasteiger partial charge in [0.2, 0.25) is 5.91 Å². The molecule has 0 spiro atoms. The second kappa shape index (κ2) is 5.69. The van der Waals surface area contributed by atoms with Gasteiger partial charge in [0.05, 0.1) is 0 Å². The molecular weight excluding hydrogens is 222 g/mol. The number of carboxylic acids is 1. The third kappa shape index (κ3) is 6.89. The maximum absolute atomic E-state index is 11.1. The van der Waals surface area contributed by atoms with Crippen molar-refractivity contribution in [3.05, 3.63) is 0 Å². The first-order valence-corrected chi connectivity index (χ1v) is 6.52. The van der Waals surface area contributed by atoms with Gasteiger partial charge < -0.3 is 10.4 Å². The largest absolute Gasteiger partial charge is 0.480 e. The molecule has 0 radical (unpaired) electrons. The van der Waals surface area contributed by atoms with Crippen molar-refractivity contribution in [2.75, 3.05) is 12.0 Å². The highest BCUT2D eigenvalue weighted by Gasteiger charge is 2.20. The van der Waals surface area contributed by atoms with E-state index in [-0.39, 0.29) is 6.42 Å². The molecule has 0 aliphatic heterocycles. The van der Waals surface area contributed by atoms with Gasteiger partial charge in [0, 0.05) is 6.26 Å². The molecule has 2 N–H and O–H groups in total. The van der Waals surface area contributed by atoms with Gasteiger partial charge in [-0.05, 0) is 6.42 Å². The van der Waals surface area contributed by atoms with E-state index in [1.807, 2.05) is 0 Å². The van der Waals surface area contributed by atoms with E-state index in [1.54, 1.807) is 6.92 Å². The number of sulfone groups is 1. The fourth-order valence-electron chi connectivity index (χ4n) is 1.02. The number of hydrogen-bond donors (Lipinski definition) is 2. The first-order chi connectivity index (χ1) is 6.76. The number of carbonyl (C=O) groups excluding carboxylic acids is 1. The Morgan fingerprint density at radius 2 is 1.93 bits per heavy atom. The Labute approximate surface area is 88.6 Å². The average Bonchev–Trinajstić information content (AvgIpc) is 1.99. The van der Waals surface area contributed by atoms with Crippen LogP contribution in [0.15, 0.2) is 0 Å². The molecule has 0 heterocycles. The summed E-state index contributed by atoms with van der Waals surface area (Å²) in [5.74, 6) is -2.61. The molecule has 0 saturated carbocycles. The molecule has 0 aromatic carbocycles. The SMILES string of the molecule is CCCC(NC(=O)CS(C)(=O)=O)C(=O)O. The van der Waals surface area contributed by atoms with Crippen molar-refractivity contribution in [2.24, 2.45) is 0 Å². The minimum atomic E-state index is -3.41. The van der Waals surface area contributed by atoms with E-state index in [1.165, 1.54) is 0 Å². The van der Waals surface area contributed by atoms with Gasteiger partial charge >= 0.3 is 5.97 Å². The highest BCUT2D eigenvalue weighted by Crippen LogP contribution is 1.97. The number of amides is 1. The zero-order valence-corrected chi connectivity index (χ0v) is 9.50. The zero-order chi connectivity index (χ0) is 12.1. The van der Waals surface area contributed by atoms with Crippen molar-refractivity contribution >= 4 is 21.7 Å². The highest BCUT2D eigenvalue weighted by atomic mass is 32.2. The number of carboxylic acid groups (broad SMARTS) is 1. The molecule has 1 amide bonds. The zero-order valence-electron chi connectivity index (χ0n) is 8.69. The molecule has 88 valence electrons. The Bertz CT molecular complexity index is 335. The average molecular weight is 237 g/mol. The Hall–Kier alpha value is -1.11. The van der Waals surface area contributed by atoms with Gasteiger partial charge in [0.1, 0.15) is 11.8 Å². The summed E-state index contributed by atoms with van der Waals surface area (Å²) in [7, 11) is -3.41. The second-order valence-corrected chi connectivity index (χ2v) is 5.46. The van der Waals surface area contributed by atoms with Crippen molar-refractivity contribution in [1.82, 2.24) is 5.32 Å². The Morgan fingerprint density at radius 3 is 2.27 bits per heavy atom. The van der Waals surface area contributed by atoms with Crippen LogP contribution in [-0.4, -0.2) is 43.5 Å². The van der Waals surface area contributed by atoms with Crippen molar-refractivity contribution in [1.29, 1.82) is 0 Å². The topological polar surface area (TPSA) is 101 Å². The number of aliphatic carboxylic acids is 1. The molecule has 0 rings (SSSR count). The Morgan fingerprint density at radius 1 is 1.40 bits per heavy atom. The van der Waals surface area contributed by atoms with Crippen molar-refractivity contribution in [3.8, 4) is 0 Å². The molecule has 7 heteroatoms. The molecule has 6 nitrogen and oxygen atoms in total. The first kappa shape index (κ1) is 13.9. The van der Waals surface area contributed by atoms with Crippen molar-refractivity contribution in [3.63, 3.8) is 0 Å². The van der Waals surface area contributed by atoms with E-state index < -0.39 is 33.5 Å². The Kier molecular flexibility index (Phi) is 5.27. The minimum absolute atomic E-state index is 0.283. The molecule has 0 aromatic heterocycles. The van der Waals surface area contributed by atoms with Gasteiger partial charge in [0.15, 0.2) is 9.84 Å². The van der Waals surface area contributed by atoms with Crippen LogP contribution in [0, 0.1) is 0 Å². The summed E-state index contributed by atoms with van der Waals surface area (Å²) < 4.78 is 21.5. The van der Waals surface area contributed by atoms with E-state index in [0.29, 0.717) is 6.42 Å². The maximum Gasteiger partial charge on any atom is 0.326 e. The quantitative estimate of drug-likeness (QED) is 0.642. The van der Waals surface area contributed by atoms with Crippen LogP contribution >= 0.6 is 0 Å². The Balaban J connectivity index is 4.30. The predicted molar refractivity (Wildman–Crippen MR) is 54.2 cm³/mol. The van der Waals surface area contributed by atoms with E-state index in [0.717, 1.165) is 6.26 Å². The third-order valence-corrected chi connectivity index (χ3v) is 2.39. The van der Waals surface area contributed by atoms with Gasteiger partial charge in [-0.1, -0.05) is 13.3 Å². The van der Waals surface area contributed by atoms with Crippen LogP contribution in [0.25, 0.3) is 0 Å². The molecule has 15 heavy (non-hydrogen) atoms. The number of nitrogens with one attached hydrogen (secondary N) is 1. The van der Waals surface area contributed by atoms with E-state index in [2.05, 4.69) is 5.32 Å². The summed E-state index contributed by atoms with van der Waals surface area (Å²) in [5, 5.41) is 10.8. The van der Waals surface area contributed by atoms with Crippen LogP contribution in [0.5, 0.6) is 0 Å². The van der Waals surface area contributed by atoms with Gasteiger partial charge in [-0.15, -0.1) is 0 Å². The smallest absolute Gasteiger partial charge is 0.326 e. The standard InChI is InChI=1S/C8H15NO5S/c1-3-4-6(8(11)12)9-7(10)5-15(2,13)14/h6H,3-5H2,1-2H3,(H,9,10)(H,11,12). The lowest BCUT2D eigenvalue weighted by Crippen LogP contribution is -2.43. The molecule has 1 unspecified atom stereocenters. The van der Waals surface area contributed by atoms with Crippen molar-refractivity contribution < 1.29 is 23.1 Å². The minimum Gasteiger partial charge on any atom is -0.480 e. The van der Waals surface area contributed by atoms with Gasteiger partial charge in [-0.3, -0.25) is 4.79 Å². The lowest BCUT2D eigenvalue weighted by Gasteiger charge is -2.12. The summed E-state index contributed by atoms with van der Waals surface area (Å²) >= 11 is 0. The maximum atomic E-state index is 11.1. The molecule has 0 aliphatic rings. The molecule has 0 aliphatic carbocycles. The first-order valence-electron chi connectivity index (χ1n) is 4.46. The summed E-state index contributed by atoms with van der Waals surface area (Å²) in [6.07, 6.45) is 1.79. The number of hydrogen-bond acceptors (Lipinski definition) is 4. The second-order valence-electron chi connectivity index (χ2n) is 3.32. The normalized spacial score (nSPS) is 13.2. The van der Waals surface area contributed by atoms with Gasteiger partial charge in [-0.2, -0.15) is 0 Å². The van der Waals surface area contributed by atoms with E-state index >= 15 is 0 Å². The molecule has 0 fully saturated rings. The van der Waals surface area contributed by atoms with E-state index in [9.17, 15) is 18.0 Å². The van der Waals surface area contributed by atoms with Gasteiger partial charge in [-0.25, -0.2) is 13.2 Å². The predicted octanol–water partition coefficient (Wildman–Crippen LogP) is -0.599. The molecular formula is C8H15NO5S. The third-order valence-electron chi connectivity index (χ3n) is 1.60. The fraction of sp³-hybridized carbons (Fsp3) is 0.750. The lowest BCUT2D eigenvalue weighted by atomic mass is 10.2. The van der Waals surface area contributed by atoms with Crippen LogP contribution in [0.3, 0.4) is 0 Å². The molecule has 0 bridgehead atoms. The number of carbonyl (C=O) groups is 2. The highest BCUT2D eigenvalue weighted by molar-refractivity contribution is 7.91. The van der Waals surface area contributed by atoms with E-state index in [4.69, 9.17) is 5.11 Å². The molecule has 0 aromatic rings. The summed E-state index contributed by atoms with van der Waals surface area (Å²) in [4.78, 5) is 21.7. The number of rotatable bonds is 6. The molecule has 0 saturated heterocycles. The van der Waals surface area contributed by atoms with Crippen LogP contribution in [0.4, 0.5) is 0 Å². The summed E-state index contributed by atoms with van der Waals surface area (Å²) in [5.41, 5.74) is 0. The summed E-state index contributed by atoms with van der Waals surface area (Å²) in [6.45, 7) is 1.78. The van der Waals surface area contributed by atoms with Crippen LogP contribution in [0.2, 0.25) is 0 Å². The van der Waals surface area contributed by atoms with Crippen LogP contribution in [-0.2, 0) is 19.4 Å². The molecule has 1 atom stereocenters. The van der Waals surface area contributed by atoms with Gasteiger partial charge in [0.25, 0.3) is 0 Å². The van der Waals surface area contributed by atoms with Crippen LogP contribution in [0.1, 0.15) is 19.8 Å².